The molecule has 0 radical (unpaired) electrons. The molecule has 0 saturated heterocycles. The molecule has 122 valence electrons. The van der Waals surface area contributed by atoms with Crippen molar-refractivity contribution in [2.45, 2.75) is 0 Å². The zero-order valence-electron chi connectivity index (χ0n) is 12.3. The summed E-state index contributed by atoms with van der Waals surface area (Å²) in [4.78, 5) is 16.2. The SMILES string of the molecule is O=C(COc1ccc(Br)cc1)Nc1n[nH]c(-c2ccccc2Br)n1. The van der Waals surface area contributed by atoms with E-state index in [9.17, 15) is 4.79 Å². The molecule has 0 aliphatic carbocycles. The smallest absolute Gasteiger partial charge is 0.264 e. The predicted molar refractivity (Wildman–Crippen MR) is 97.8 cm³/mol. The number of halogens is 2. The first-order valence-electron chi connectivity index (χ1n) is 6.97. The third-order valence-corrected chi connectivity index (χ3v) is 4.27. The molecule has 0 bridgehead atoms. The molecular formula is C16H12Br2N4O2. The average molecular weight is 452 g/mol. The summed E-state index contributed by atoms with van der Waals surface area (Å²) in [6.45, 7) is -0.124. The largest absolute Gasteiger partial charge is 0.484 e. The topological polar surface area (TPSA) is 79.9 Å². The normalized spacial score (nSPS) is 10.4. The van der Waals surface area contributed by atoms with Crippen LogP contribution in [-0.2, 0) is 4.79 Å². The van der Waals surface area contributed by atoms with Crippen LogP contribution in [0.3, 0.4) is 0 Å². The number of nitrogens with zero attached hydrogens (tertiary/aromatic N) is 2. The van der Waals surface area contributed by atoms with Gasteiger partial charge in [-0.15, -0.1) is 5.10 Å². The van der Waals surface area contributed by atoms with Crippen molar-refractivity contribution in [3.63, 3.8) is 0 Å². The Morgan fingerprint density at radius 2 is 1.88 bits per heavy atom. The van der Waals surface area contributed by atoms with E-state index < -0.39 is 0 Å². The number of rotatable bonds is 5. The fraction of sp³-hybridized carbons (Fsp3) is 0.0625. The fourth-order valence-corrected chi connectivity index (χ4v) is 2.67. The van der Waals surface area contributed by atoms with Crippen LogP contribution >= 0.6 is 31.9 Å². The molecule has 1 aromatic heterocycles. The van der Waals surface area contributed by atoms with E-state index >= 15 is 0 Å². The van der Waals surface area contributed by atoms with E-state index in [2.05, 4.69) is 52.4 Å². The van der Waals surface area contributed by atoms with Crippen LogP contribution in [0.1, 0.15) is 0 Å². The Kier molecular flexibility index (Phi) is 5.27. The third-order valence-electron chi connectivity index (χ3n) is 3.05. The number of benzene rings is 2. The Hall–Kier alpha value is -2.19. The highest BCUT2D eigenvalue weighted by Gasteiger charge is 2.11. The van der Waals surface area contributed by atoms with Gasteiger partial charge in [-0.2, -0.15) is 4.98 Å². The Morgan fingerprint density at radius 3 is 2.62 bits per heavy atom. The van der Waals surface area contributed by atoms with Crippen molar-refractivity contribution in [1.29, 1.82) is 0 Å². The number of carbonyl (C=O) groups excluding carboxylic acids is 1. The molecular weight excluding hydrogens is 440 g/mol. The highest BCUT2D eigenvalue weighted by atomic mass is 79.9. The van der Waals surface area contributed by atoms with Gasteiger partial charge in [0.1, 0.15) is 5.75 Å². The fourth-order valence-electron chi connectivity index (χ4n) is 1.93. The molecule has 2 N–H and O–H groups in total. The second kappa shape index (κ2) is 7.59. The van der Waals surface area contributed by atoms with Crippen LogP contribution in [0.4, 0.5) is 5.95 Å². The summed E-state index contributed by atoms with van der Waals surface area (Å²) in [6.07, 6.45) is 0. The minimum Gasteiger partial charge on any atom is -0.484 e. The van der Waals surface area contributed by atoms with Gasteiger partial charge in [-0.1, -0.05) is 50.1 Å². The van der Waals surface area contributed by atoms with Gasteiger partial charge in [0.05, 0.1) is 0 Å². The van der Waals surface area contributed by atoms with Crippen LogP contribution in [0.5, 0.6) is 5.75 Å². The van der Waals surface area contributed by atoms with Crippen molar-refractivity contribution in [2.75, 3.05) is 11.9 Å². The summed E-state index contributed by atoms with van der Waals surface area (Å²) >= 11 is 6.79. The number of H-pyrrole nitrogens is 1. The zero-order valence-corrected chi connectivity index (χ0v) is 15.5. The van der Waals surface area contributed by atoms with Gasteiger partial charge in [0.2, 0.25) is 5.95 Å². The molecule has 3 aromatic rings. The number of anilines is 1. The number of amides is 1. The van der Waals surface area contributed by atoms with E-state index in [-0.39, 0.29) is 18.5 Å². The number of hydrogen-bond donors (Lipinski definition) is 2. The lowest BCUT2D eigenvalue weighted by molar-refractivity contribution is -0.118. The first-order valence-corrected chi connectivity index (χ1v) is 8.56. The summed E-state index contributed by atoms with van der Waals surface area (Å²) in [5.41, 5.74) is 0.858. The lowest BCUT2D eigenvalue weighted by Crippen LogP contribution is -2.20. The molecule has 2 aromatic carbocycles. The van der Waals surface area contributed by atoms with Crippen LogP contribution in [0.15, 0.2) is 57.5 Å². The summed E-state index contributed by atoms with van der Waals surface area (Å²) in [7, 11) is 0. The Labute approximate surface area is 154 Å². The van der Waals surface area contributed by atoms with Crippen LogP contribution in [0.25, 0.3) is 11.4 Å². The van der Waals surface area contributed by atoms with E-state index in [4.69, 9.17) is 4.74 Å². The van der Waals surface area contributed by atoms with Crippen molar-refractivity contribution < 1.29 is 9.53 Å². The average Bonchev–Trinajstić information content (AvgIpc) is 3.03. The first kappa shape index (κ1) is 16.7. The highest BCUT2D eigenvalue weighted by molar-refractivity contribution is 9.10. The standard InChI is InChI=1S/C16H12Br2N4O2/c17-10-5-7-11(8-6-10)24-9-14(23)19-16-20-15(21-22-16)12-3-1-2-4-13(12)18/h1-8H,9H2,(H2,19,20,21,22,23). The maximum atomic E-state index is 11.9. The molecule has 24 heavy (non-hydrogen) atoms. The molecule has 1 amide bonds. The highest BCUT2D eigenvalue weighted by Crippen LogP contribution is 2.25. The van der Waals surface area contributed by atoms with Gasteiger partial charge in [-0.25, -0.2) is 0 Å². The van der Waals surface area contributed by atoms with Crippen molar-refractivity contribution in [2.24, 2.45) is 0 Å². The molecule has 8 heteroatoms. The lowest BCUT2D eigenvalue weighted by Gasteiger charge is -2.05. The number of aromatic nitrogens is 3. The maximum absolute atomic E-state index is 11.9. The Bertz CT molecular complexity index is 849. The summed E-state index contributed by atoms with van der Waals surface area (Å²) < 4.78 is 7.23. The zero-order chi connectivity index (χ0) is 16.9. The Morgan fingerprint density at radius 1 is 1.12 bits per heavy atom. The second-order valence-electron chi connectivity index (χ2n) is 4.78. The third kappa shape index (κ3) is 4.21. The van der Waals surface area contributed by atoms with Gasteiger partial charge in [0.25, 0.3) is 5.91 Å². The van der Waals surface area contributed by atoms with Crippen LogP contribution in [0, 0.1) is 0 Å². The quantitative estimate of drug-likeness (QED) is 0.614. The molecule has 0 fully saturated rings. The van der Waals surface area contributed by atoms with Gasteiger partial charge < -0.3 is 4.74 Å². The second-order valence-corrected chi connectivity index (χ2v) is 6.55. The number of nitrogens with one attached hydrogen (secondary N) is 2. The first-order chi connectivity index (χ1) is 11.6. The molecule has 0 spiro atoms. The number of hydrogen-bond acceptors (Lipinski definition) is 4. The minimum atomic E-state index is -0.337. The molecule has 0 aliphatic heterocycles. The molecule has 0 atom stereocenters. The summed E-state index contributed by atoms with van der Waals surface area (Å²) in [5.74, 6) is 1.03. The van der Waals surface area contributed by atoms with Crippen molar-refractivity contribution in [3.8, 4) is 17.1 Å². The van der Waals surface area contributed by atoms with E-state index in [1.54, 1.807) is 12.1 Å². The maximum Gasteiger partial charge on any atom is 0.264 e. The molecule has 3 rings (SSSR count). The summed E-state index contributed by atoms with van der Waals surface area (Å²) in [5, 5.41) is 9.38. The van der Waals surface area contributed by atoms with Crippen molar-refractivity contribution in [1.82, 2.24) is 15.2 Å². The monoisotopic (exact) mass is 450 g/mol. The van der Waals surface area contributed by atoms with E-state index in [0.29, 0.717) is 11.6 Å². The summed E-state index contributed by atoms with van der Waals surface area (Å²) in [6, 6.07) is 14.8. The molecule has 1 heterocycles. The number of carbonyl (C=O) groups is 1. The number of aromatic amines is 1. The van der Waals surface area contributed by atoms with Gasteiger partial charge in [-0.05, 0) is 30.3 Å². The van der Waals surface area contributed by atoms with E-state index in [1.807, 2.05) is 36.4 Å². The molecule has 0 aliphatic rings. The molecule has 0 saturated carbocycles. The van der Waals surface area contributed by atoms with Crippen molar-refractivity contribution >= 4 is 43.7 Å². The van der Waals surface area contributed by atoms with Gasteiger partial charge in [-0.3, -0.25) is 15.2 Å². The predicted octanol–water partition coefficient (Wildman–Crippen LogP) is 4.01. The van der Waals surface area contributed by atoms with Crippen LogP contribution in [-0.4, -0.2) is 27.7 Å². The molecule has 6 nitrogen and oxygen atoms in total. The van der Waals surface area contributed by atoms with Crippen LogP contribution in [0.2, 0.25) is 0 Å². The van der Waals surface area contributed by atoms with Gasteiger partial charge >= 0.3 is 0 Å². The van der Waals surface area contributed by atoms with Gasteiger partial charge in [0.15, 0.2) is 12.4 Å². The Balaban J connectivity index is 1.59. The number of ether oxygens (including phenoxy) is 1. The van der Waals surface area contributed by atoms with Gasteiger partial charge in [0, 0.05) is 14.5 Å². The van der Waals surface area contributed by atoms with Crippen molar-refractivity contribution in [3.05, 3.63) is 57.5 Å². The minimum absolute atomic E-state index is 0.124. The van der Waals surface area contributed by atoms with Crippen LogP contribution < -0.4 is 10.1 Å². The lowest BCUT2D eigenvalue weighted by atomic mass is 10.2. The van der Waals surface area contributed by atoms with E-state index in [0.717, 1.165) is 14.5 Å². The molecule has 0 unspecified atom stereocenters. The van der Waals surface area contributed by atoms with E-state index in [1.165, 1.54) is 0 Å².